The number of hydrogen-bond acceptors (Lipinski definition) is 4. The third kappa shape index (κ3) is 4.22. The van der Waals surface area contributed by atoms with E-state index in [4.69, 9.17) is 9.47 Å². The van der Waals surface area contributed by atoms with Crippen LogP contribution >= 0.6 is 0 Å². The van der Waals surface area contributed by atoms with Gasteiger partial charge in [0.25, 0.3) is 5.91 Å². The highest BCUT2D eigenvalue weighted by atomic mass is 16.6. The van der Waals surface area contributed by atoms with Gasteiger partial charge in [-0.15, -0.1) is 0 Å². The van der Waals surface area contributed by atoms with Crippen LogP contribution in [0, 0.1) is 0 Å². The number of carbonyl (C=O) groups is 1. The predicted octanol–water partition coefficient (Wildman–Crippen LogP) is 2.17. The first-order chi connectivity index (χ1) is 11.9. The van der Waals surface area contributed by atoms with E-state index in [2.05, 4.69) is 6.92 Å². The zero-order valence-electron chi connectivity index (χ0n) is 15.2. The normalized spacial score (nSPS) is 28.9. The Bertz CT molecular complexity index is 581. The zero-order chi connectivity index (χ0) is 17.9. The lowest BCUT2D eigenvalue weighted by molar-refractivity contribution is -0.182. The Morgan fingerprint density at radius 1 is 1.40 bits per heavy atom. The summed E-state index contributed by atoms with van der Waals surface area (Å²) in [6.45, 7) is 5.94. The predicted molar refractivity (Wildman–Crippen MR) is 95.3 cm³/mol. The van der Waals surface area contributed by atoms with Crippen molar-refractivity contribution in [3.63, 3.8) is 0 Å². The lowest BCUT2D eigenvalue weighted by atomic mass is 9.92. The van der Waals surface area contributed by atoms with Gasteiger partial charge in [0, 0.05) is 19.6 Å². The average Bonchev–Trinajstić information content (AvgIpc) is 3.07. The van der Waals surface area contributed by atoms with Crippen molar-refractivity contribution in [2.45, 2.75) is 56.8 Å². The van der Waals surface area contributed by atoms with E-state index < -0.39 is 11.2 Å². The van der Waals surface area contributed by atoms with Crippen molar-refractivity contribution in [1.82, 2.24) is 4.90 Å². The molecule has 2 aliphatic rings. The third-order valence-electron chi connectivity index (χ3n) is 5.33. The van der Waals surface area contributed by atoms with E-state index in [1.165, 1.54) is 0 Å². The van der Waals surface area contributed by atoms with Crippen LogP contribution in [0.4, 0.5) is 0 Å². The molecule has 2 aliphatic heterocycles. The quantitative estimate of drug-likeness (QED) is 0.887. The summed E-state index contributed by atoms with van der Waals surface area (Å²) in [6, 6.07) is 9.96. The number of benzene rings is 1. The maximum atomic E-state index is 13.0. The Hall–Kier alpha value is -1.43. The maximum absolute atomic E-state index is 13.0. The molecule has 0 bridgehead atoms. The Kier molecular flexibility index (Phi) is 5.46. The average molecular weight is 347 g/mol. The van der Waals surface area contributed by atoms with Gasteiger partial charge in [0.15, 0.2) is 0 Å². The third-order valence-corrected chi connectivity index (χ3v) is 5.33. The number of aliphatic hydroxyl groups is 1. The molecule has 3 unspecified atom stereocenters. The standard InChI is InChI=1S/C20H29NO4/c1-3-17-13-21(14-20(25-17)11-12-24-15-20)18(22)19(2,23)10-9-16-7-5-4-6-8-16/h4-8,17,23H,3,9-15H2,1-2H3. The van der Waals surface area contributed by atoms with Gasteiger partial charge in [0.2, 0.25) is 0 Å². The number of nitrogens with zero attached hydrogens (tertiary/aromatic N) is 1. The molecule has 2 fully saturated rings. The van der Waals surface area contributed by atoms with Gasteiger partial charge in [0.05, 0.1) is 19.3 Å². The number of hydrogen-bond donors (Lipinski definition) is 1. The lowest BCUT2D eigenvalue weighted by Gasteiger charge is -2.45. The monoisotopic (exact) mass is 347 g/mol. The Morgan fingerprint density at radius 2 is 2.16 bits per heavy atom. The molecule has 5 nitrogen and oxygen atoms in total. The van der Waals surface area contributed by atoms with Gasteiger partial charge in [-0.05, 0) is 31.7 Å². The SMILES string of the molecule is CCC1CN(C(=O)C(C)(O)CCc2ccccc2)CC2(CCOC2)O1. The van der Waals surface area contributed by atoms with Gasteiger partial charge in [-0.25, -0.2) is 0 Å². The molecule has 1 aromatic rings. The number of carbonyl (C=O) groups excluding carboxylic acids is 1. The van der Waals surface area contributed by atoms with E-state index in [9.17, 15) is 9.90 Å². The second-order valence-electron chi connectivity index (χ2n) is 7.58. The molecule has 5 heteroatoms. The molecule has 3 atom stereocenters. The molecule has 0 aromatic heterocycles. The summed E-state index contributed by atoms with van der Waals surface area (Å²) in [4.78, 5) is 14.8. The minimum absolute atomic E-state index is 0.00400. The summed E-state index contributed by atoms with van der Waals surface area (Å²) in [5.41, 5.74) is -0.638. The second-order valence-corrected chi connectivity index (χ2v) is 7.58. The highest BCUT2D eigenvalue weighted by Gasteiger charge is 2.47. The first-order valence-corrected chi connectivity index (χ1v) is 9.25. The van der Waals surface area contributed by atoms with Crippen LogP contribution in [0.3, 0.4) is 0 Å². The fraction of sp³-hybridized carbons (Fsp3) is 0.650. The Balaban J connectivity index is 1.67. The number of morpholine rings is 1. The molecular formula is C20H29NO4. The Morgan fingerprint density at radius 3 is 2.80 bits per heavy atom. The van der Waals surface area contributed by atoms with E-state index in [0.29, 0.717) is 39.1 Å². The first kappa shape index (κ1) is 18.4. The molecule has 3 rings (SSSR count). The molecule has 2 saturated heterocycles. The van der Waals surface area contributed by atoms with Gasteiger partial charge in [0.1, 0.15) is 11.2 Å². The summed E-state index contributed by atoms with van der Waals surface area (Å²) in [5.74, 6) is -0.198. The van der Waals surface area contributed by atoms with Crippen molar-refractivity contribution in [2.24, 2.45) is 0 Å². The molecule has 25 heavy (non-hydrogen) atoms. The zero-order valence-corrected chi connectivity index (χ0v) is 15.2. The molecule has 1 aromatic carbocycles. The van der Waals surface area contributed by atoms with Gasteiger partial charge >= 0.3 is 0 Å². The molecule has 0 radical (unpaired) electrons. The maximum Gasteiger partial charge on any atom is 0.254 e. The van der Waals surface area contributed by atoms with Crippen molar-refractivity contribution >= 4 is 5.91 Å². The number of aryl methyl sites for hydroxylation is 1. The largest absolute Gasteiger partial charge is 0.380 e. The lowest BCUT2D eigenvalue weighted by Crippen LogP contribution is -2.61. The fourth-order valence-electron chi connectivity index (χ4n) is 3.74. The molecule has 1 N–H and O–H groups in total. The van der Waals surface area contributed by atoms with E-state index >= 15 is 0 Å². The molecule has 138 valence electrons. The summed E-state index contributed by atoms with van der Waals surface area (Å²) in [6.07, 6.45) is 2.74. The Labute approximate surface area is 149 Å². The minimum atomic E-state index is -1.37. The molecule has 1 amide bonds. The van der Waals surface area contributed by atoms with E-state index in [0.717, 1.165) is 18.4 Å². The van der Waals surface area contributed by atoms with Crippen LogP contribution in [-0.4, -0.2) is 59.5 Å². The first-order valence-electron chi connectivity index (χ1n) is 9.25. The highest BCUT2D eigenvalue weighted by Crippen LogP contribution is 2.32. The van der Waals surface area contributed by atoms with Crippen LogP contribution in [0.2, 0.25) is 0 Å². The molecule has 1 spiro atoms. The smallest absolute Gasteiger partial charge is 0.254 e. The van der Waals surface area contributed by atoms with Gasteiger partial charge in [-0.2, -0.15) is 0 Å². The molecule has 0 aliphatic carbocycles. The van der Waals surface area contributed by atoms with Crippen molar-refractivity contribution in [1.29, 1.82) is 0 Å². The molecule has 0 saturated carbocycles. The van der Waals surface area contributed by atoms with Gasteiger partial charge in [-0.3, -0.25) is 4.79 Å². The van der Waals surface area contributed by atoms with E-state index in [-0.39, 0.29) is 12.0 Å². The summed E-state index contributed by atoms with van der Waals surface area (Å²) in [7, 11) is 0. The van der Waals surface area contributed by atoms with Crippen LogP contribution in [0.25, 0.3) is 0 Å². The molecule has 2 heterocycles. The number of amides is 1. The molecular weight excluding hydrogens is 318 g/mol. The van der Waals surface area contributed by atoms with Crippen molar-refractivity contribution < 1.29 is 19.4 Å². The van der Waals surface area contributed by atoms with E-state index in [1.807, 2.05) is 30.3 Å². The van der Waals surface area contributed by atoms with Crippen LogP contribution in [0.15, 0.2) is 30.3 Å². The van der Waals surface area contributed by atoms with Crippen molar-refractivity contribution in [3.8, 4) is 0 Å². The van der Waals surface area contributed by atoms with Crippen LogP contribution in [0.1, 0.15) is 38.7 Å². The van der Waals surface area contributed by atoms with Crippen LogP contribution < -0.4 is 0 Å². The highest BCUT2D eigenvalue weighted by molar-refractivity contribution is 5.84. The summed E-state index contributed by atoms with van der Waals surface area (Å²) in [5, 5.41) is 10.8. The van der Waals surface area contributed by atoms with Gasteiger partial charge < -0.3 is 19.5 Å². The second kappa shape index (κ2) is 7.44. The minimum Gasteiger partial charge on any atom is -0.380 e. The van der Waals surface area contributed by atoms with Crippen molar-refractivity contribution in [2.75, 3.05) is 26.3 Å². The number of rotatable bonds is 5. The van der Waals surface area contributed by atoms with Crippen molar-refractivity contribution in [3.05, 3.63) is 35.9 Å². The summed E-state index contributed by atoms with van der Waals surface area (Å²) >= 11 is 0. The topological polar surface area (TPSA) is 59.0 Å². The number of ether oxygens (including phenoxy) is 2. The van der Waals surface area contributed by atoms with Gasteiger partial charge in [-0.1, -0.05) is 37.3 Å². The fourth-order valence-corrected chi connectivity index (χ4v) is 3.74. The van der Waals surface area contributed by atoms with Crippen LogP contribution in [0.5, 0.6) is 0 Å². The van der Waals surface area contributed by atoms with Crippen LogP contribution in [-0.2, 0) is 20.7 Å². The van der Waals surface area contributed by atoms with E-state index in [1.54, 1.807) is 11.8 Å². The summed E-state index contributed by atoms with van der Waals surface area (Å²) < 4.78 is 11.7.